The lowest BCUT2D eigenvalue weighted by Crippen LogP contribution is -2.37. The molecule has 0 saturated carbocycles. The van der Waals surface area contributed by atoms with E-state index in [1.807, 2.05) is 73.7 Å². The van der Waals surface area contributed by atoms with Gasteiger partial charge in [-0.2, -0.15) is 0 Å². The predicted molar refractivity (Wildman–Crippen MR) is 150 cm³/mol. The first-order valence-corrected chi connectivity index (χ1v) is 13.4. The average molecular weight is 519 g/mol. The summed E-state index contributed by atoms with van der Waals surface area (Å²) in [4.78, 5) is 32.5. The number of hydrogen-bond acceptors (Lipinski definition) is 5. The van der Waals surface area contributed by atoms with Crippen molar-refractivity contribution in [1.29, 1.82) is 0 Å². The van der Waals surface area contributed by atoms with E-state index in [4.69, 9.17) is 4.74 Å². The molecule has 0 fully saturated rings. The first-order valence-electron chi connectivity index (χ1n) is 12.6. The minimum absolute atomic E-state index is 0.291. The van der Waals surface area contributed by atoms with Gasteiger partial charge in [-0.15, -0.1) is 0 Å². The third-order valence-electron chi connectivity index (χ3n) is 6.78. The molecule has 0 aromatic heterocycles. The van der Waals surface area contributed by atoms with Gasteiger partial charge in [0.15, 0.2) is 0 Å². The molecule has 0 saturated heterocycles. The number of aryl methyl sites for hydroxylation is 1. The molecule has 0 N–H and O–H groups in total. The molecular formula is C32H26N2O3S. The number of benzene rings is 4. The third-order valence-corrected chi connectivity index (χ3v) is 7.86. The van der Waals surface area contributed by atoms with E-state index in [-0.39, 0.29) is 11.8 Å². The Morgan fingerprint density at radius 2 is 1.37 bits per heavy atom. The monoisotopic (exact) mass is 518 g/mol. The lowest BCUT2D eigenvalue weighted by Gasteiger charge is -2.31. The summed E-state index contributed by atoms with van der Waals surface area (Å²) >= 11 is 1.36. The molecule has 0 atom stereocenters. The van der Waals surface area contributed by atoms with Gasteiger partial charge in [0, 0.05) is 18.0 Å². The van der Waals surface area contributed by atoms with Crippen LogP contribution in [0, 0.1) is 6.92 Å². The molecule has 0 spiro atoms. The van der Waals surface area contributed by atoms with E-state index in [9.17, 15) is 9.59 Å². The van der Waals surface area contributed by atoms with E-state index in [0.29, 0.717) is 35.1 Å². The highest BCUT2D eigenvalue weighted by Gasteiger charge is 2.43. The fourth-order valence-corrected chi connectivity index (χ4v) is 5.80. The van der Waals surface area contributed by atoms with Gasteiger partial charge in [0.1, 0.15) is 22.1 Å². The molecule has 188 valence electrons. The average Bonchev–Trinajstić information content (AvgIpc) is 3.19. The number of hydrogen-bond donors (Lipinski definition) is 0. The van der Waals surface area contributed by atoms with Crippen LogP contribution in [0.15, 0.2) is 119 Å². The van der Waals surface area contributed by atoms with Crippen LogP contribution >= 0.6 is 11.8 Å². The summed E-state index contributed by atoms with van der Waals surface area (Å²) in [5.74, 6) is 0.765. The molecule has 2 aliphatic rings. The maximum Gasteiger partial charge on any atom is 0.283 e. The Labute approximate surface area is 226 Å². The predicted octanol–water partition coefficient (Wildman–Crippen LogP) is 6.72. The summed E-state index contributed by atoms with van der Waals surface area (Å²) < 4.78 is 5.90. The van der Waals surface area contributed by atoms with E-state index in [2.05, 4.69) is 17.0 Å². The first-order chi connectivity index (χ1) is 18.6. The second-order valence-electron chi connectivity index (χ2n) is 9.39. The van der Waals surface area contributed by atoms with Gasteiger partial charge in [0.25, 0.3) is 11.8 Å². The van der Waals surface area contributed by atoms with Crippen molar-refractivity contribution in [3.8, 4) is 11.5 Å². The van der Waals surface area contributed by atoms with Gasteiger partial charge in [-0.25, -0.2) is 4.90 Å². The van der Waals surface area contributed by atoms with Crippen molar-refractivity contribution in [2.75, 3.05) is 11.4 Å². The molecule has 4 aromatic rings. The second-order valence-corrected chi connectivity index (χ2v) is 10.5. The van der Waals surface area contributed by atoms with Crippen LogP contribution in [0.2, 0.25) is 0 Å². The SMILES string of the molecule is Cc1ccc(SC2=C(N3CCc4ccccc4C3)C(=O)N(c3ccc(Oc4ccccc4)cc3)C2=O)cc1. The Morgan fingerprint density at radius 3 is 2.11 bits per heavy atom. The van der Waals surface area contributed by atoms with Crippen LogP contribution < -0.4 is 9.64 Å². The molecule has 6 heteroatoms. The molecule has 2 amide bonds. The zero-order valence-electron chi connectivity index (χ0n) is 21.0. The number of thioether (sulfide) groups is 1. The third kappa shape index (κ3) is 4.71. The number of rotatable bonds is 6. The van der Waals surface area contributed by atoms with Gasteiger partial charge in [-0.05, 0) is 73.0 Å². The zero-order valence-corrected chi connectivity index (χ0v) is 21.8. The van der Waals surface area contributed by atoms with Crippen molar-refractivity contribution in [2.24, 2.45) is 0 Å². The number of para-hydroxylation sites is 1. The standard InChI is InChI=1S/C32H26N2O3S/c1-22-11-17-28(18-12-22)38-30-29(33-20-19-23-7-5-6-8-24(23)21-33)31(35)34(32(30)36)25-13-15-27(16-14-25)37-26-9-3-2-4-10-26/h2-18H,19-21H2,1H3. The number of carbonyl (C=O) groups excluding carboxylic acids is 2. The topological polar surface area (TPSA) is 49.9 Å². The zero-order chi connectivity index (χ0) is 26.1. The van der Waals surface area contributed by atoms with Crippen molar-refractivity contribution in [2.45, 2.75) is 24.8 Å². The molecule has 5 nitrogen and oxygen atoms in total. The highest BCUT2D eigenvalue weighted by molar-refractivity contribution is 8.04. The molecular weight excluding hydrogens is 492 g/mol. The number of carbonyl (C=O) groups is 2. The molecule has 38 heavy (non-hydrogen) atoms. The number of anilines is 1. The van der Waals surface area contributed by atoms with Crippen LogP contribution in [-0.2, 0) is 22.6 Å². The van der Waals surface area contributed by atoms with E-state index in [0.717, 1.165) is 22.6 Å². The van der Waals surface area contributed by atoms with Gasteiger partial charge >= 0.3 is 0 Å². The Kier molecular flexibility index (Phi) is 6.48. The van der Waals surface area contributed by atoms with Crippen LogP contribution in [0.3, 0.4) is 0 Å². The van der Waals surface area contributed by atoms with Crippen molar-refractivity contribution in [3.05, 3.63) is 130 Å². The largest absolute Gasteiger partial charge is 0.457 e. The second kappa shape index (κ2) is 10.2. The maximum absolute atomic E-state index is 13.9. The number of nitrogens with zero attached hydrogens (tertiary/aromatic N) is 2. The van der Waals surface area contributed by atoms with Crippen LogP contribution in [0.25, 0.3) is 0 Å². The summed E-state index contributed by atoms with van der Waals surface area (Å²) in [6, 6.07) is 32.9. The van der Waals surface area contributed by atoms with Gasteiger partial charge in [0.05, 0.1) is 5.69 Å². The van der Waals surface area contributed by atoms with Gasteiger partial charge in [-0.1, -0.05) is 71.9 Å². The maximum atomic E-state index is 13.9. The van der Waals surface area contributed by atoms with Crippen molar-refractivity contribution in [3.63, 3.8) is 0 Å². The number of amides is 2. The van der Waals surface area contributed by atoms with Crippen LogP contribution in [0.4, 0.5) is 5.69 Å². The molecule has 4 aromatic carbocycles. The quantitative estimate of drug-likeness (QED) is 0.265. The Hall–Kier alpha value is -4.29. The summed E-state index contributed by atoms with van der Waals surface area (Å²) in [6.07, 6.45) is 0.829. The molecule has 0 bridgehead atoms. The summed E-state index contributed by atoms with van der Waals surface area (Å²) in [5.41, 5.74) is 4.62. The number of ether oxygens (including phenoxy) is 1. The summed E-state index contributed by atoms with van der Waals surface area (Å²) in [5, 5.41) is 0. The molecule has 0 radical (unpaired) electrons. The number of imide groups is 1. The lowest BCUT2D eigenvalue weighted by molar-refractivity contribution is -0.121. The highest BCUT2D eigenvalue weighted by Crippen LogP contribution is 2.40. The van der Waals surface area contributed by atoms with E-state index < -0.39 is 0 Å². The number of fused-ring (bicyclic) bond motifs is 1. The molecule has 2 aliphatic heterocycles. The smallest absolute Gasteiger partial charge is 0.283 e. The fraction of sp³-hybridized carbons (Fsp3) is 0.125. The molecule has 6 rings (SSSR count). The van der Waals surface area contributed by atoms with Crippen molar-refractivity contribution >= 4 is 29.3 Å². The van der Waals surface area contributed by atoms with Crippen molar-refractivity contribution < 1.29 is 14.3 Å². The van der Waals surface area contributed by atoms with E-state index >= 15 is 0 Å². The lowest BCUT2D eigenvalue weighted by atomic mass is 9.99. The van der Waals surface area contributed by atoms with Gasteiger partial charge < -0.3 is 9.64 Å². The Bertz CT molecular complexity index is 1530. The van der Waals surface area contributed by atoms with Gasteiger partial charge in [-0.3, -0.25) is 9.59 Å². The van der Waals surface area contributed by atoms with Crippen molar-refractivity contribution in [1.82, 2.24) is 4.90 Å². The van der Waals surface area contributed by atoms with Crippen LogP contribution in [0.5, 0.6) is 11.5 Å². The minimum Gasteiger partial charge on any atom is -0.457 e. The Balaban J connectivity index is 1.32. The molecule has 0 unspecified atom stereocenters. The molecule has 0 aliphatic carbocycles. The van der Waals surface area contributed by atoms with Crippen LogP contribution in [0.1, 0.15) is 16.7 Å². The van der Waals surface area contributed by atoms with Crippen LogP contribution in [-0.4, -0.2) is 23.3 Å². The Morgan fingerprint density at radius 1 is 0.711 bits per heavy atom. The van der Waals surface area contributed by atoms with E-state index in [1.165, 1.54) is 27.8 Å². The highest BCUT2D eigenvalue weighted by atomic mass is 32.2. The van der Waals surface area contributed by atoms with Gasteiger partial charge in [0.2, 0.25) is 0 Å². The minimum atomic E-state index is -0.300. The summed E-state index contributed by atoms with van der Waals surface area (Å²) in [6.45, 7) is 3.31. The first kappa shape index (κ1) is 24.1. The molecule has 2 heterocycles. The normalized spacial score (nSPS) is 15.2. The van der Waals surface area contributed by atoms with E-state index in [1.54, 1.807) is 24.3 Å². The fourth-order valence-electron chi connectivity index (χ4n) is 4.80. The summed E-state index contributed by atoms with van der Waals surface area (Å²) in [7, 11) is 0.